The highest BCUT2D eigenvalue weighted by molar-refractivity contribution is 9.10. The molecule has 0 aliphatic heterocycles. The van der Waals surface area contributed by atoms with Crippen LogP contribution in [0.4, 0.5) is 10.5 Å². The lowest BCUT2D eigenvalue weighted by Gasteiger charge is -2.26. The summed E-state index contributed by atoms with van der Waals surface area (Å²) in [4.78, 5) is 11.6. The van der Waals surface area contributed by atoms with Crippen LogP contribution in [0, 0.1) is 0 Å². The lowest BCUT2D eigenvalue weighted by molar-refractivity contribution is 0.240. The first-order valence-corrected chi connectivity index (χ1v) is 6.39. The molecule has 1 fully saturated rings. The Kier molecular flexibility index (Phi) is 3.89. The van der Waals surface area contributed by atoms with E-state index in [1.165, 1.54) is 6.42 Å². The van der Waals surface area contributed by atoms with Crippen molar-refractivity contribution in [2.24, 2.45) is 0 Å². The summed E-state index contributed by atoms with van der Waals surface area (Å²) in [6.07, 6.45) is 3.37. The van der Waals surface area contributed by atoms with Gasteiger partial charge in [-0.15, -0.1) is 0 Å². The fourth-order valence-corrected chi connectivity index (χ4v) is 2.19. The molecule has 1 aromatic rings. The number of anilines is 1. The third-order valence-electron chi connectivity index (χ3n) is 2.85. The molecule has 4 nitrogen and oxygen atoms in total. The van der Waals surface area contributed by atoms with Crippen molar-refractivity contribution < 1.29 is 9.53 Å². The van der Waals surface area contributed by atoms with Crippen molar-refractivity contribution in [3.8, 4) is 5.75 Å². The van der Waals surface area contributed by atoms with Crippen LogP contribution in [0.3, 0.4) is 0 Å². The van der Waals surface area contributed by atoms with Gasteiger partial charge in [0.05, 0.1) is 11.6 Å². The maximum Gasteiger partial charge on any atom is 0.319 e. The highest BCUT2D eigenvalue weighted by Crippen LogP contribution is 2.27. The molecule has 0 atom stereocenters. The number of benzene rings is 1. The van der Waals surface area contributed by atoms with E-state index < -0.39 is 0 Å². The molecule has 2 rings (SSSR count). The van der Waals surface area contributed by atoms with E-state index in [1.54, 1.807) is 7.11 Å². The summed E-state index contributed by atoms with van der Waals surface area (Å²) in [5, 5.41) is 5.71. The average Bonchev–Trinajstić information content (AvgIpc) is 2.24. The van der Waals surface area contributed by atoms with Gasteiger partial charge in [-0.2, -0.15) is 0 Å². The predicted molar refractivity (Wildman–Crippen MR) is 70.5 cm³/mol. The number of ether oxygens (including phenoxy) is 1. The second-order valence-corrected chi connectivity index (χ2v) is 4.93. The number of nitrogens with one attached hydrogen (secondary N) is 2. The Morgan fingerprint density at radius 2 is 2.24 bits per heavy atom. The van der Waals surface area contributed by atoms with E-state index in [9.17, 15) is 4.79 Å². The molecule has 92 valence electrons. The zero-order valence-corrected chi connectivity index (χ0v) is 11.2. The third kappa shape index (κ3) is 3.12. The SMILES string of the molecule is COc1ccc(NC(=O)NC2CCC2)cc1Br. The summed E-state index contributed by atoms with van der Waals surface area (Å²) < 4.78 is 5.94. The highest BCUT2D eigenvalue weighted by Gasteiger charge is 2.19. The monoisotopic (exact) mass is 298 g/mol. The van der Waals surface area contributed by atoms with Gasteiger partial charge >= 0.3 is 6.03 Å². The number of carbonyl (C=O) groups excluding carboxylic acids is 1. The van der Waals surface area contributed by atoms with E-state index in [1.807, 2.05) is 18.2 Å². The summed E-state index contributed by atoms with van der Waals surface area (Å²) >= 11 is 3.38. The Morgan fingerprint density at radius 3 is 2.76 bits per heavy atom. The van der Waals surface area contributed by atoms with Gasteiger partial charge in [0.25, 0.3) is 0 Å². The van der Waals surface area contributed by atoms with Gasteiger partial charge < -0.3 is 15.4 Å². The summed E-state index contributed by atoms with van der Waals surface area (Å²) in [6.45, 7) is 0. The molecule has 0 bridgehead atoms. The van der Waals surface area contributed by atoms with Crippen LogP contribution in [-0.4, -0.2) is 19.2 Å². The zero-order valence-electron chi connectivity index (χ0n) is 9.63. The molecule has 0 heterocycles. The standard InChI is InChI=1S/C12H15BrN2O2/c1-17-11-6-5-9(7-10(11)13)15-12(16)14-8-3-2-4-8/h5-8H,2-4H2,1H3,(H2,14,15,16). The Balaban J connectivity index is 1.93. The lowest BCUT2D eigenvalue weighted by Crippen LogP contribution is -2.41. The van der Waals surface area contributed by atoms with Crippen LogP contribution < -0.4 is 15.4 Å². The van der Waals surface area contributed by atoms with Crippen LogP contribution in [-0.2, 0) is 0 Å². The number of methoxy groups -OCH3 is 1. The first-order chi connectivity index (χ1) is 8.19. The highest BCUT2D eigenvalue weighted by atomic mass is 79.9. The summed E-state index contributed by atoms with van der Waals surface area (Å²) in [5.74, 6) is 0.745. The molecule has 2 N–H and O–H groups in total. The van der Waals surface area contributed by atoms with Crippen LogP contribution in [0.15, 0.2) is 22.7 Å². The fourth-order valence-electron chi connectivity index (χ4n) is 1.65. The minimum absolute atomic E-state index is 0.147. The molecule has 0 aromatic heterocycles. The van der Waals surface area contributed by atoms with Gasteiger partial charge in [-0.1, -0.05) is 0 Å². The number of carbonyl (C=O) groups is 1. The van der Waals surface area contributed by atoms with Gasteiger partial charge in [-0.3, -0.25) is 0 Å². The van der Waals surface area contributed by atoms with Crippen LogP contribution in [0.1, 0.15) is 19.3 Å². The van der Waals surface area contributed by atoms with Crippen molar-refractivity contribution >= 4 is 27.6 Å². The third-order valence-corrected chi connectivity index (χ3v) is 3.47. The largest absolute Gasteiger partial charge is 0.496 e. The molecule has 1 aromatic carbocycles. The van der Waals surface area contributed by atoms with Crippen molar-refractivity contribution in [3.63, 3.8) is 0 Å². The Bertz CT molecular complexity index is 419. The molecular formula is C12H15BrN2O2. The van der Waals surface area contributed by atoms with E-state index in [0.29, 0.717) is 6.04 Å². The molecule has 1 aliphatic rings. The predicted octanol–water partition coefficient (Wildman–Crippen LogP) is 3.13. The fraction of sp³-hybridized carbons (Fsp3) is 0.417. The molecular weight excluding hydrogens is 284 g/mol. The lowest BCUT2D eigenvalue weighted by atomic mass is 9.93. The van der Waals surface area contributed by atoms with Crippen molar-refractivity contribution in [3.05, 3.63) is 22.7 Å². The quantitative estimate of drug-likeness (QED) is 0.901. The Hall–Kier alpha value is -1.23. The molecule has 0 radical (unpaired) electrons. The molecule has 1 saturated carbocycles. The second kappa shape index (κ2) is 5.40. The average molecular weight is 299 g/mol. The first-order valence-electron chi connectivity index (χ1n) is 5.60. The molecule has 0 unspecified atom stereocenters. The van der Waals surface area contributed by atoms with E-state index in [2.05, 4.69) is 26.6 Å². The van der Waals surface area contributed by atoms with Crippen molar-refractivity contribution in [1.82, 2.24) is 5.32 Å². The van der Waals surface area contributed by atoms with E-state index in [0.717, 1.165) is 28.8 Å². The van der Waals surface area contributed by atoms with Gasteiger partial charge in [0.2, 0.25) is 0 Å². The minimum atomic E-state index is -0.147. The minimum Gasteiger partial charge on any atom is -0.496 e. The van der Waals surface area contributed by atoms with Gasteiger partial charge in [-0.25, -0.2) is 4.79 Å². The Labute approximate surface area is 109 Å². The summed E-state index contributed by atoms with van der Waals surface area (Å²) in [7, 11) is 1.61. The van der Waals surface area contributed by atoms with Crippen molar-refractivity contribution in [2.45, 2.75) is 25.3 Å². The van der Waals surface area contributed by atoms with Crippen LogP contribution in [0.2, 0.25) is 0 Å². The maximum atomic E-state index is 11.6. The molecule has 0 spiro atoms. The van der Waals surface area contributed by atoms with E-state index >= 15 is 0 Å². The van der Waals surface area contributed by atoms with Gasteiger partial charge in [0.15, 0.2) is 0 Å². The number of amides is 2. The van der Waals surface area contributed by atoms with Gasteiger partial charge in [0, 0.05) is 11.7 Å². The number of urea groups is 1. The Morgan fingerprint density at radius 1 is 1.47 bits per heavy atom. The van der Waals surface area contributed by atoms with Crippen molar-refractivity contribution in [2.75, 3.05) is 12.4 Å². The van der Waals surface area contributed by atoms with E-state index in [-0.39, 0.29) is 6.03 Å². The zero-order chi connectivity index (χ0) is 12.3. The maximum absolute atomic E-state index is 11.6. The van der Waals surface area contributed by atoms with Crippen LogP contribution >= 0.6 is 15.9 Å². The van der Waals surface area contributed by atoms with Crippen LogP contribution in [0.25, 0.3) is 0 Å². The molecule has 5 heteroatoms. The van der Waals surface area contributed by atoms with Gasteiger partial charge in [-0.05, 0) is 53.4 Å². The molecule has 1 aliphatic carbocycles. The molecule has 0 saturated heterocycles. The van der Waals surface area contributed by atoms with Gasteiger partial charge in [0.1, 0.15) is 5.75 Å². The van der Waals surface area contributed by atoms with E-state index in [4.69, 9.17) is 4.74 Å². The number of hydrogen-bond donors (Lipinski definition) is 2. The number of halogens is 1. The van der Waals surface area contributed by atoms with Crippen LogP contribution in [0.5, 0.6) is 5.75 Å². The second-order valence-electron chi connectivity index (χ2n) is 4.08. The summed E-state index contributed by atoms with van der Waals surface area (Å²) in [6, 6.07) is 5.63. The smallest absolute Gasteiger partial charge is 0.319 e. The number of rotatable bonds is 3. The normalized spacial score (nSPS) is 14.9. The summed E-state index contributed by atoms with van der Waals surface area (Å²) in [5.41, 5.74) is 0.745. The first kappa shape index (κ1) is 12.2. The molecule has 2 amide bonds. The topological polar surface area (TPSA) is 50.4 Å². The van der Waals surface area contributed by atoms with Crippen molar-refractivity contribution in [1.29, 1.82) is 0 Å². The number of hydrogen-bond acceptors (Lipinski definition) is 2. The molecule has 17 heavy (non-hydrogen) atoms.